The van der Waals surface area contributed by atoms with Gasteiger partial charge in [-0.25, -0.2) is 4.39 Å². The molecule has 90 valence electrons. The molecule has 0 aliphatic heterocycles. The molecule has 0 bridgehead atoms. The molecule has 0 unspecified atom stereocenters. The molecule has 0 spiro atoms. The van der Waals surface area contributed by atoms with Gasteiger partial charge in [0.25, 0.3) is 0 Å². The maximum absolute atomic E-state index is 13.3. The summed E-state index contributed by atoms with van der Waals surface area (Å²) >= 11 is 0. The largest absolute Gasteiger partial charge is 0.497 e. The SMILES string of the molecule is CCOC(OCC)c1cc(F)cc(OC)c1. The van der Waals surface area contributed by atoms with Gasteiger partial charge in [0, 0.05) is 24.8 Å². The van der Waals surface area contributed by atoms with Crippen LogP contribution in [0, 0.1) is 5.82 Å². The normalized spacial score (nSPS) is 10.8. The van der Waals surface area contributed by atoms with Crippen molar-refractivity contribution < 1.29 is 18.6 Å². The topological polar surface area (TPSA) is 27.7 Å². The minimum Gasteiger partial charge on any atom is -0.497 e. The number of methoxy groups -OCH3 is 1. The molecule has 0 aliphatic carbocycles. The monoisotopic (exact) mass is 228 g/mol. The molecule has 0 atom stereocenters. The van der Waals surface area contributed by atoms with E-state index in [0.29, 0.717) is 24.5 Å². The summed E-state index contributed by atoms with van der Waals surface area (Å²) < 4.78 is 29.0. The second-order valence-electron chi connectivity index (χ2n) is 3.17. The lowest BCUT2D eigenvalue weighted by atomic mass is 10.2. The van der Waals surface area contributed by atoms with Gasteiger partial charge in [-0.2, -0.15) is 0 Å². The summed E-state index contributed by atoms with van der Waals surface area (Å²) in [6, 6.07) is 4.41. The fourth-order valence-corrected chi connectivity index (χ4v) is 1.38. The summed E-state index contributed by atoms with van der Waals surface area (Å²) in [7, 11) is 1.49. The molecule has 1 aromatic rings. The van der Waals surface area contributed by atoms with Crippen molar-refractivity contribution in [1.82, 2.24) is 0 Å². The minimum absolute atomic E-state index is 0.362. The van der Waals surface area contributed by atoms with E-state index in [-0.39, 0.29) is 5.82 Å². The van der Waals surface area contributed by atoms with Crippen molar-refractivity contribution in [3.05, 3.63) is 29.6 Å². The molecule has 0 fully saturated rings. The number of hydrogen-bond donors (Lipinski definition) is 0. The third-order valence-electron chi connectivity index (χ3n) is 2.04. The van der Waals surface area contributed by atoms with Gasteiger partial charge in [0.15, 0.2) is 6.29 Å². The Morgan fingerprint density at radius 1 is 1.12 bits per heavy atom. The molecule has 0 radical (unpaired) electrons. The molecule has 3 nitrogen and oxygen atoms in total. The molecular weight excluding hydrogens is 211 g/mol. The van der Waals surface area contributed by atoms with Crippen LogP contribution in [0.15, 0.2) is 18.2 Å². The van der Waals surface area contributed by atoms with Crippen LogP contribution in [0.5, 0.6) is 5.75 Å². The van der Waals surface area contributed by atoms with E-state index in [4.69, 9.17) is 14.2 Å². The molecule has 1 rings (SSSR count). The Labute approximate surface area is 95.1 Å². The molecule has 16 heavy (non-hydrogen) atoms. The molecule has 4 heteroatoms. The zero-order valence-electron chi connectivity index (χ0n) is 9.83. The molecule has 0 saturated carbocycles. The van der Waals surface area contributed by atoms with Crippen LogP contribution in [-0.2, 0) is 9.47 Å². The summed E-state index contributed by atoms with van der Waals surface area (Å²) in [4.78, 5) is 0. The predicted molar refractivity (Wildman–Crippen MR) is 58.9 cm³/mol. The van der Waals surface area contributed by atoms with E-state index in [9.17, 15) is 4.39 Å². The van der Waals surface area contributed by atoms with Crippen molar-refractivity contribution in [1.29, 1.82) is 0 Å². The third kappa shape index (κ3) is 3.47. The predicted octanol–water partition coefficient (Wildman–Crippen LogP) is 2.91. The van der Waals surface area contributed by atoms with Gasteiger partial charge in [0.1, 0.15) is 11.6 Å². The summed E-state index contributed by atoms with van der Waals surface area (Å²) in [5.74, 6) is 0.0955. The van der Waals surface area contributed by atoms with E-state index in [2.05, 4.69) is 0 Å². The third-order valence-corrected chi connectivity index (χ3v) is 2.04. The lowest BCUT2D eigenvalue weighted by molar-refractivity contribution is -0.140. The van der Waals surface area contributed by atoms with Gasteiger partial charge in [-0.3, -0.25) is 0 Å². The lowest BCUT2D eigenvalue weighted by Crippen LogP contribution is -2.09. The van der Waals surface area contributed by atoms with Gasteiger partial charge >= 0.3 is 0 Å². The van der Waals surface area contributed by atoms with E-state index in [1.807, 2.05) is 13.8 Å². The number of hydrogen-bond acceptors (Lipinski definition) is 3. The molecule has 0 N–H and O–H groups in total. The van der Waals surface area contributed by atoms with Crippen molar-refractivity contribution in [3.63, 3.8) is 0 Å². The number of rotatable bonds is 6. The second-order valence-corrected chi connectivity index (χ2v) is 3.17. The smallest absolute Gasteiger partial charge is 0.183 e. The van der Waals surface area contributed by atoms with Gasteiger partial charge in [0.2, 0.25) is 0 Å². The molecule has 0 aliphatic rings. The Kier molecular flexibility index (Phi) is 5.22. The zero-order chi connectivity index (χ0) is 12.0. The van der Waals surface area contributed by atoms with Crippen molar-refractivity contribution in [2.75, 3.05) is 20.3 Å². The second kappa shape index (κ2) is 6.45. The van der Waals surface area contributed by atoms with E-state index >= 15 is 0 Å². The Hall–Kier alpha value is -1.13. The number of ether oxygens (including phenoxy) is 3. The van der Waals surface area contributed by atoms with Crippen LogP contribution in [0.3, 0.4) is 0 Å². The van der Waals surface area contributed by atoms with E-state index in [0.717, 1.165) is 0 Å². The number of halogens is 1. The van der Waals surface area contributed by atoms with Crippen LogP contribution >= 0.6 is 0 Å². The van der Waals surface area contributed by atoms with Crippen LogP contribution in [0.1, 0.15) is 25.7 Å². The maximum Gasteiger partial charge on any atom is 0.183 e. The minimum atomic E-state index is -0.542. The van der Waals surface area contributed by atoms with Crippen LogP contribution in [0.4, 0.5) is 4.39 Å². The highest BCUT2D eigenvalue weighted by molar-refractivity contribution is 5.30. The zero-order valence-corrected chi connectivity index (χ0v) is 9.83. The van der Waals surface area contributed by atoms with Crippen LogP contribution in [0.2, 0.25) is 0 Å². The first-order valence-corrected chi connectivity index (χ1v) is 5.29. The van der Waals surface area contributed by atoms with Crippen LogP contribution < -0.4 is 4.74 Å². The first-order chi connectivity index (χ1) is 7.71. The van der Waals surface area contributed by atoms with E-state index < -0.39 is 6.29 Å². The lowest BCUT2D eigenvalue weighted by Gasteiger charge is -2.17. The molecule has 1 aromatic carbocycles. The number of benzene rings is 1. The van der Waals surface area contributed by atoms with Gasteiger partial charge in [-0.15, -0.1) is 0 Å². The fraction of sp³-hybridized carbons (Fsp3) is 0.500. The van der Waals surface area contributed by atoms with E-state index in [1.165, 1.54) is 19.2 Å². The Morgan fingerprint density at radius 3 is 2.25 bits per heavy atom. The van der Waals surface area contributed by atoms with Gasteiger partial charge in [-0.1, -0.05) is 0 Å². The fourth-order valence-electron chi connectivity index (χ4n) is 1.38. The summed E-state index contributed by atoms with van der Waals surface area (Å²) in [5.41, 5.74) is 0.626. The van der Waals surface area contributed by atoms with Gasteiger partial charge in [-0.05, 0) is 26.0 Å². The highest BCUT2D eigenvalue weighted by Crippen LogP contribution is 2.24. The van der Waals surface area contributed by atoms with Crippen molar-refractivity contribution in [2.45, 2.75) is 20.1 Å². The highest BCUT2D eigenvalue weighted by atomic mass is 19.1. The van der Waals surface area contributed by atoms with E-state index in [1.54, 1.807) is 6.07 Å². The first-order valence-electron chi connectivity index (χ1n) is 5.29. The van der Waals surface area contributed by atoms with Crippen LogP contribution in [-0.4, -0.2) is 20.3 Å². The molecular formula is C12H17FO3. The Morgan fingerprint density at radius 2 is 1.75 bits per heavy atom. The Bertz CT molecular complexity index is 322. The summed E-state index contributed by atoms with van der Waals surface area (Å²) in [5, 5.41) is 0. The molecule has 0 amide bonds. The summed E-state index contributed by atoms with van der Waals surface area (Å²) in [6.07, 6.45) is -0.542. The van der Waals surface area contributed by atoms with Crippen molar-refractivity contribution >= 4 is 0 Å². The molecule has 0 aromatic heterocycles. The molecule has 0 saturated heterocycles. The molecule has 0 heterocycles. The van der Waals surface area contributed by atoms with Gasteiger partial charge < -0.3 is 14.2 Å². The van der Waals surface area contributed by atoms with Crippen molar-refractivity contribution in [2.24, 2.45) is 0 Å². The first kappa shape index (κ1) is 12.9. The van der Waals surface area contributed by atoms with Crippen LogP contribution in [0.25, 0.3) is 0 Å². The van der Waals surface area contributed by atoms with Gasteiger partial charge in [0.05, 0.1) is 7.11 Å². The Balaban J connectivity index is 2.93. The summed E-state index contributed by atoms with van der Waals surface area (Å²) in [6.45, 7) is 4.73. The average molecular weight is 228 g/mol. The highest BCUT2D eigenvalue weighted by Gasteiger charge is 2.13. The van der Waals surface area contributed by atoms with Crippen molar-refractivity contribution in [3.8, 4) is 5.75 Å². The average Bonchev–Trinajstić information content (AvgIpc) is 2.28. The quantitative estimate of drug-likeness (QED) is 0.701. The standard InChI is InChI=1S/C12H17FO3/c1-4-15-12(16-5-2)9-6-10(13)8-11(7-9)14-3/h6-8,12H,4-5H2,1-3H3. The maximum atomic E-state index is 13.3.